The zero-order chi connectivity index (χ0) is 24.3. The van der Waals surface area contributed by atoms with Crippen LogP contribution in [0.15, 0.2) is 33.7 Å². The number of nitrogens with zero attached hydrogens (tertiary/aromatic N) is 2. The third-order valence-electron chi connectivity index (χ3n) is 6.94. The van der Waals surface area contributed by atoms with Gasteiger partial charge < -0.3 is 9.84 Å². The van der Waals surface area contributed by atoms with Gasteiger partial charge in [0.15, 0.2) is 10.7 Å². The predicted octanol–water partition coefficient (Wildman–Crippen LogP) is 4.39. The largest absolute Gasteiger partial charge is 0.355 e. The standard InChI is InChI=1S/C25H32FN3O4S/c1-17-7-10-21(11-8-17)27-25(30)20-13-15-29(16-14-20)34(31,32)24-18(2)28-33-23(24)12-9-19-5-3-4-6-22(19)26/h3-6,9,12,17,20-21H,7-8,10-11,13-16H2,1-2H3,(H,27,30). The van der Waals surface area contributed by atoms with Crippen molar-refractivity contribution in [2.75, 3.05) is 13.1 Å². The molecule has 0 radical (unpaired) electrons. The third-order valence-corrected chi connectivity index (χ3v) is 9.00. The maximum Gasteiger partial charge on any atom is 0.248 e. The molecule has 4 rings (SSSR count). The molecule has 0 atom stereocenters. The van der Waals surface area contributed by atoms with E-state index in [1.165, 1.54) is 22.5 Å². The van der Waals surface area contributed by atoms with Crippen LogP contribution in [0.5, 0.6) is 0 Å². The Hall–Kier alpha value is -2.52. The average Bonchev–Trinajstić information content (AvgIpc) is 3.21. The average molecular weight is 490 g/mol. The van der Waals surface area contributed by atoms with Gasteiger partial charge in [0.05, 0.1) is 0 Å². The van der Waals surface area contributed by atoms with E-state index in [-0.39, 0.29) is 47.3 Å². The third kappa shape index (κ3) is 5.41. The SMILES string of the molecule is Cc1noc(C=Cc2ccccc2F)c1S(=O)(=O)N1CCC(C(=O)NC2CCC(C)CC2)CC1. The molecule has 2 heterocycles. The monoisotopic (exact) mass is 489 g/mol. The van der Waals surface area contributed by atoms with Gasteiger partial charge in [-0.25, -0.2) is 12.8 Å². The molecule has 2 aliphatic rings. The summed E-state index contributed by atoms with van der Waals surface area (Å²) in [5, 5.41) is 7.01. The van der Waals surface area contributed by atoms with Crippen LogP contribution in [0.4, 0.5) is 4.39 Å². The summed E-state index contributed by atoms with van der Waals surface area (Å²) in [5.74, 6) is 0.213. The highest BCUT2D eigenvalue weighted by molar-refractivity contribution is 7.89. The molecule has 1 saturated heterocycles. The molecule has 1 aliphatic carbocycles. The molecule has 9 heteroatoms. The first kappa shape index (κ1) is 24.6. The fourth-order valence-electron chi connectivity index (χ4n) is 4.79. The van der Waals surface area contributed by atoms with Gasteiger partial charge in [-0.3, -0.25) is 4.79 Å². The predicted molar refractivity (Wildman–Crippen MR) is 128 cm³/mol. The number of carbonyl (C=O) groups is 1. The number of rotatable bonds is 6. The summed E-state index contributed by atoms with van der Waals surface area (Å²) in [4.78, 5) is 12.7. The number of halogens is 1. The molecule has 1 aromatic carbocycles. The summed E-state index contributed by atoms with van der Waals surface area (Å²) in [6.45, 7) is 4.32. The summed E-state index contributed by atoms with van der Waals surface area (Å²) < 4.78 is 47.4. The normalized spacial score (nSPS) is 22.8. The van der Waals surface area contributed by atoms with Crippen LogP contribution in [0, 0.1) is 24.6 Å². The topological polar surface area (TPSA) is 92.5 Å². The lowest BCUT2D eigenvalue weighted by Crippen LogP contribution is -2.46. The number of piperidine rings is 1. The first-order valence-corrected chi connectivity index (χ1v) is 13.4. The van der Waals surface area contributed by atoms with Crippen LogP contribution in [-0.2, 0) is 14.8 Å². The van der Waals surface area contributed by atoms with E-state index in [0.29, 0.717) is 24.3 Å². The minimum Gasteiger partial charge on any atom is -0.355 e. The Balaban J connectivity index is 1.41. The van der Waals surface area contributed by atoms with E-state index in [9.17, 15) is 17.6 Å². The molecule has 34 heavy (non-hydrogen) atoms. The minimum atomic E-state index is -3.88. The number of hydrogen-bond donors (Lipinski definition) is 1. The summed E-state index contributed by atoms with van der Waals surface area (Å²) in [7, 11) is -3.88. The number of carbonyl (C=O) groups excluding carboxylic acids is 1. The molecule has 2 aromatic rings. The number of nitrogens with one attached hydrogen (secondary N) is 1. The fourth-order valence-corrected chi connectivity index (χ4v) is 6.51. The fraction of sp³-hybridized carbons (Fsp3) is 0.520. The van der Waals surface area contributed by atoms with E-state index >= 15 is 0 Å². The summed E-state index contributed by atoms with van der Waals surface area (Å²) in [6, 6.07) is 6.43. The maximum atomic E-state index is 13.9. The Morgan fingerprint density at radius 3 is 2.47 bits per heavy atom. The molecule has 2 fully saturated rings. The van der Waals surface area contributed by atoms with Crippen molar-refractivity contribution < 1.29 is 22.1 Å². The van der Waals surface area contributed by atoms with Gasteiger partial charge >= 0.3 is 0 Å². The highest BCUT2D eigenvalue weighted by atomic mass is 32.2. The van der Waals surface area contributed by atoms with Crippen molar-refractivity contribution in [1.82, 2.24) is 14.8 Å². The zero-order valence-corrected chi connectivity index (χ0v) is 20.5. The van der Waals surface area contributed by atoms with Gasteiger partial charge in [0, 0.05) is 30.6 Å². The Kier molecular flexibility index (Phi) is 7.52. The number of amides is 1. The summed E-state index contributed by atoms with van der Waals surface area (Å²) in [6.07, 6.45) is 8.12. The van der Waals surface area contributed by atoms with Crippen molar-refractivity contribution in [2.45, 2.75) is 63.3 Å². The first-order valence-electron chi connectivity index (χ1n) is 11.9. The lowest BCUT2D eigenvalue weighted by atomic mass is 9.87. The van der Waals surface area contributed by atoms with Crippen LogP contribution < -0.4 is 5.32 Å². The number of hydrogen-bond acceptors (Lipinski definition) is 5. The Labute approximate surface area is 200 Å². The van der Waals surface area contributed by atoms with Crippen molar-refractivity contribution in [3.05, 3.63) is 47.1 Å². The molecule has 184 valence electrons. The molecular weight excluding hydrogens is 457 g/mol. The van der Waals surface area contributed by atoms with Crippen LogP contribution in [0.2, 0.25) is 0 Å². The van der Waals surface area contributed by atoms with Gasteiger partial charge in [0.2, 0.25) is 15.9 Å². The maximum absolute atomic E-state index is 13.9. The first-order chi connectivity index (χ1) is 16.3. The summed E-state index contributed by atoms with van der Waals surface area (Å²) >= 11 is 0. The number of aromatic nitrogens is 1. The molecule has 1 aliphatic heterocycles. The summed E-state index contributed by atoms with van der Waals surface area (Å²) in [5.41, 5.74) is 0.568. The molecule has 7 nitrogen and oxygen atoms in total. The molecule has 1 aromatic heterocycles. The van der Waals surface area contributed by atoms with Gasteiger partial charge in [0.1, 0.15) is 11.5 Å². The molecule has 0 bridgehead atoms. The van der Waals surface area contributed by atoms with Gasteiger partial charge in [0.25, 0.3) is 0 Å². The van der Waals surface area contributed by atoms with E-state index in [4.69, 9.17) is 4.52 Å². The zero-order valence-electron chi connectivity index (χ0n) is 19.7. The molecule has 1 amide bonds. The van der Waals surface area contributed by atoms with Crippen LogP contribution in [-0.4, -0.2) is 42.9 Å². The highest BCUT2D eigenvalue weighted by Gasteiger charge is 2.36. The van der Waals surface area contributed by atoms with E-state index in [1.807, 2.05) is 0 Å². The quantitative estimate of drug-likeness (QED) is 0.650. The number of benzene rings is 1. The van der Waals surface area contributed by atoms with E-state index in [0.717, 1.165) is 25.7 Å². The Morgan fingerprint density at radius 2 is 1.79 bits per heavy atom. The van der Waals surface area contributed by atoms with Crippen molar-refractivity contribution >= 4 is 28.1 Å². The second-order valence-electron chi connectivity index (χ2n) is 9.46. The van der Waals surface area contributed by atoms with Crippen molar-refractivity contribution in [3.8, 4) is 0 Å². The number of aryl methyl sites for hydroxylation is 1. The smallest absolute Gasteiger partial charge is 0.248 e. The second-order valence-corrected chi connectivity index (χ2v) is 11.3. The molecule has 0 spiro atoms. The van der Waals surface area contributed by atoms with Crippen molar-refractivity contribution in [3.63, 3.8) is 0 Å². The van der Waals surface area contributed by atoms with Crippen LogP contribution in [0.3, 0.4) is 0 Å². The van der Waals surface area contributed by atoms with Crippen molar-refractivity contribution in [2.24, 2.45) is 11.8 Å². The Morgan fingerprint density at radius 1 is 1.12 bits per heavy atom. The Bertz CT molecular complexity index is 1140. The van der Waals surface area contributed by atoms with E-state index in [1.54, 1.807) is 25.1 Å². The van der Waals surface area contributed by atoms with Gasteiger partial charge in [-0.15, -0.1) is 0 Å². The molecule has 1 saturated carbocycles. The minimum absolute atomic E-state index is 0.0145. The molecular formula is C25H32FN3O4S. The lowest BCUT2D eigenvalue weighted by Gasteiger charge is -2.32. The second kappa shape index (κ2) is 10.4. The molecule has 0 unspecified atom stereocenters. The van der Waals surface area contributed by atoms with Crippen molar-refractivity contribution in [1.29, 1.82) is 0 Å². The van der Waals surface area contributed by atoms with E-state index in [2.05, 4.69) is 17.4 Å². The lowest BCUT2D eigenvalue weighted by molar-refractivity contribution is -0.127. The molecule has 1 N–H and O–H groups in total. The number of sulfonamides is 1. The van der Waals surface area contributed by atoms with Gasteiger partial charge in [-0.1, -0.05) is 30.3 Å². The van der Waals surface area contributed by atoms with Gasteiger partial charge in [-0.2, -0.15) is 4.31 Å². The van der Waals surface area contributed by atoms with Crippen LogP contribution in [0.1, 0.15) is 62.5 Å². The van der Waals surface area contributed by atoms with Crippen LogP contribution >= 0.6 is 0 Å². The van der Waals surface area contributed by atoms with Crippen LogP contribution in [0.25, 0.3) is 12.2 Å². The van der Waals surface area contributed by atoms with Gasteiger partial charge in [-0.05, 0) is 69.6 Å². The highest BCUT2D eigenvalue weighted by Crippen LogP contribution is 2.30. The van der Waals surface area contributed by atoms with E-state index < -0.39 is 15.8 Å².